The number of ketones is 1. The maximum absolute atomic E-state index is 11.7. The Labute approximate surface area is 119 Å². The number of carbonyl (C=O) groups is 1. The van der Waals surface area contributed by atoms with Gasteiger partial charge >= 0.3 is 0 Å². The van der Waals surface area contributed by atoms with Crippen molar-refractivity contribution in [2.75, 3.05) is 0 Å². The van der Waals surface area contributed by atoms with Crippen LogP contribution in [0.15, 0.2) is 22.7 Å². The van der Waals surface area contributed by atoms with E-state index in [2.05, 4.69) is 10.1 Å². The van der Waals surface area contributed by atoms with Crippen LogP contribution in [0.25, 0.3) is 11.4 Å². The fourth-order valence-corrected chi connectivity index (χ4v) is 2.35. The standard InChI is InChI=1S/C13H10Cl2N2O2/c14-9-3-8(4-10(15)5-9)13-16-12(19-17-13)6-11(18)7-1-2-7/h3-5,7H,1-2,6H2. The number of carbonyl (C=O) groups excluding carboxylic acids is 1. The van der Waals surface area contributed by atoms with Crippen molar-refractivity contribution in [1.82, 2.24) is 10.1 Å². The van der Waals surface area contributed by atoms with Gasteiger partial charge in [0.1, 0.15) is 5.78 Å². The molecule has 4 nitrogen and oxygen atoms in total. The second-order valence-corrected chi connectivity index (χ2v) is 5.46. The summed E-state index contributed by atoms with van der Waals surface area (Å²) in [6, 6.07) is 5.03. The summed E-state index contributed by atoms with van der Waals surface area (Å²) in [7, 11) is 0. The normalized spacial score (nSPS) is 14.6. The summed E-state index contributed by atoms with van der Waals surface area (Å²) in [5.74, 6) is 1.08. The highest BCUT2D eigenvalue weighted by Crippen LogP contribution is 2.31. The van der Waals surface area contributed by atoms with E-state index >= 15 is 0 Å². The van der Waals surface area contributed by atoms with Gasteiger partial charge in [0.2, 0.25) is 11.7 Å². The predicted molar refractivity (Wildman–Crippen MR) is 71.2 cm³/mol. The Kier molecular flexibility index (Phi) is 3.29. The molecule has 1 saturated carbocycles. The van der Waals surface area contributed by atoms with Crippen LogP contribution in [0.4, 0.5) is 0 Å². The number of benzene rings is 1. The number of hydrogen-bond acceptors (Lipinski definition) is 4. The topological polar surface area (TPSA) is 56.0 Å². The zero-order chi connectivity index (χ0) is 13.4. The minimum absolute atomic E-state index is 0.166. The van der Waals surface area contributed by atoms with Gasteiger partial charge in [-0.15, -0.1) is 0 Å². The van der Waals surface area contributed by atoms with Gasteiger partial charge in [0.05, 0.1) is 6.42 Å². The highest BCUT2D eigenvalue weighted by atomic mass is 35.5. The molecular formula is C13H10Cl2N2O2. The second-order valence-electron chi connectivity index (χ2n) is 4.59. The van der Waals surface area contributed by atoms with Crippen LogP contribution < -0.4 is 0 Å². The summed E-state index contributed by atoms with van der Waals surface area (Å²) in [5.41, 5.74) is 0.673. The highest BCUT2D eigenvalue weighted by molar-refractivity contribution is 6.35. The largest absolute Gasteiger partial charge is 0.339 e. The van der Waals surface area contributed by atoms with Crippen molar-refractivity contribution in [2.24, 2.45) is 5.92 Å². The van der Waals surface area contributed by atoms with Gasteiger partial charge in [0.15, 0.2) is 0 Å². The van der Waals surface area contributed by atoms with Crippen molar-refractivity contribution in [3.05, 3.63) is 34.1 Å². The minimum atomic E-state index is 0.166. The first-order valence-electron chi connectivity index (χ1n) is 5.93. The van der Waals surface area contributed by atoms with Crippen LogP contribution in [0.1, 0.15) is 18.7 Å². The Morgan fingerprint density at radius 3 is 2.58 bits per heavy atom. The molecule has 1 aliphatic rings. The van der Waals surface area contributed by atoms with E-state index in [-0.39, 0.29) is 18.1 Å². The van der Waals surface area contributed by atoms with E-state index in [1.54, 1.807) is 18.2 Å². The number of aromatic nitrogens is 2. The molecule has 1 heterocycles. The molecule has 0 spiro atoms. The van der Waals surface area contributed by atoms with Gasteiger partial charge in [-0.3, -0.25) is 4.79 Å². The fraction of sp³-hybridized carbons (Fsp3) is 0.308. The van der Waals surface area contributed by atoms with E-state index in [4.69, 9.17) is 27.7 Å². The Morgan fingerprint density at radius 2 is 1.95 bits per heavy atom. The van der Waals surface area contributed by atoms with Crippen LogP contribution >= 0.6 is 23.2 Å². The average molecular weight is 297 g/mol. The molecule has 0 saturated heterocycles. The molecule has 1 aliphatic carbocycles. The van der Waals surface area contributed by atoms with Gasteiger partial charge in [0, 0.05) is 21.5 Å². The molecule has 2 aromatic rings. The quantitative estimate of drug-likeness (QED) is 0.865. The van der Waals surface area contributed by atoms with Crippen LogP contribution in [-0.2, 0) is 11.2 Å². The molecule has 98 valence electrons. The van der Waals surface area contributed by atoms with E-state index < -0.39 is 0 Å². The van der Waals surface area contributed by atoms with Crippen LogP contribution in [0, 0.1) is 5.92 Å². The van der Waals surface area contributed by atoms with E-state index in [0.717, 1.165) is 12.8 Å². The van der Waals surface area contributed by atoms with Gasteiger partial charge < -0.3 is 4.52 Å². The summed E-state index contributed by atoms with van der Waals surface area (Å²) in [4.78, 5) is 15.9. The van der Waals surface area contributed by atoms with Crippen molar-refractivity contribution in [2.45, 2.75) is 19.3 Å². The molecule has 6 heteroatoms. The molecule has 19 heavy (non-hydrogen) atoms. The van der Waals surface area contributed by atoms with Crippen molar-refractivity contribution < 1.29 is 9.32 Å². The number of hydrogen-bond donors (Lipinski definition) is 0. The monoisotopic (exact) mass is 296 g/mol. The Balaban J connectivity index is 1.81. The van der Waals surface area contributed by atoms with Gasteiger partial charge in [-0.2, -0.15) is 4.98 Å². The number of Topliss-reactive ketones (excluding diaryl/α,β-unsaturated/α-hetero) is 1. The van der Waals surface area contributed by atoms with E-state index in [9.17, 15) is 4.79 Å². The molecule has 0 N–H and O–H groups in total. The summed E-state index contributed by atoms with van der Waals surface area (Å²) < 4.78 is 5.08. The van der Waals surface area contributed by atoms with Gasteiger partial charge in [-0.05, 0) is 31.0 Å². The van der Waals surface area contributed by atoms with Crippen molar-refractivity contribution in [3.8, 4) is 11.4 Å². The predicted octanol–water partition coefficient (Wildman–Crippen LogP) is 3.57. The number of nitrogens with zero attached hydrogens (tertiary/aromatic N) is 2. The Bertz CT molecular complexity index is 615. The van der Waals surface area contributed by atoms with Crippen molar-refractivity contribution in [1.29, 1.82) is 0 Å². The lowest BCUT2D eigenvalue weighted by Gasteiger charge is -1.97. The summed E-state index contributed by atoms with van der Waals surface area (Å²) in [6.45, 7) is 0. The fourth-order valence-electron chi connectivity index (χ4n) is 1.83. The van der Waals surface area contributed by atoms with Gasteiger partial charge in [-0.25, -0.2) is 0 Å². The molecule has 0 atom stereocenters. The SMILES string of the molecule is O=C(Cc1nc(-c2cc(Cl)cc(Cl)c2)no1)C1CC1. The van der Waals surface area contributed by atoms with E-state index in [1.807, 2.05) is 0 Å². The van der Waals surface area contributed by atoms with Crippen LogP contribution in [-0.4, -0.2) is 15.9 Å². The third-order valence-electron chi connectivity index (χ3n) is 2.95. The molecule has 1 fully saturated rings. The molecule has 1 aromatic carbocycles. The molecular weight excluding hydrogens is 287 g/mol. The third kappa shape index (κ3) is 2.96. The van der Waals surface area contributed by atoms with E-state index in [1.165, 1.54) is 0 Å². The molecule has 0 aliphatic heterocycles. The molecule has 0 amide bonds. The van der Waals surface area contributed by atoms with Gasteiger partial charge in [-0.1, -0.05) is 28.4 Å². The molecule has 1 aromatic heterocycles. The van der Waals surface area contributed by atoms with Crippen molar-refractivity contribution in [3.63, 3.8) is 0 Å². The summed E-state index contributed by atoms with van der Waals surface area (Å²) >= 11 is 11.8. The summed E-state index contributed by atoms with van der Waals surface area (Å²) in [6.07, 6.45) is 2.15. The third-order valence-corrected chi connectivity index (χ3v) is 3.38. The van der Waals surface area contributed by atoms with E-state index in [0.29, 0.717) is 27.3 Å². The Hall–Kier alpha value is -1.39. The highest BCUT2D eigenvalue weighted by Gasteiger charge is 2.30. The van der Waals surface area contributed by atoms with Crippen molar-refractivity contribution >= 4 is 29.0 Å². The maximum Gasteiger partial charge on any atom is 0.234 e. The van der Waals surface area contributed by atoms with Crippen LogP contribution in [0.3, 0.4) is 0 Å². The summed E-state index contributed by atoms with van der Waals surface area (Å²) in [5, 5.41) is 4.85. The first-order valence-corrected chi connectivity index (χ1v) is 6.69. The van der Waals surface area contributed by atoms with Gasteiger partial charge in [0.25, 0.3) is 0 Å². The second kappa shape index (κ2) is 4.94. The molecule has 3 rings (SSSR count). The Morgan fingerprint density at radius 1 is 1.26 bits per heavy atom. The first-order chi connectivity index (χ1) is 9.11. The smallest absolute Gasteiger partial charge is 0.234 e. The van der Waals surface area contributed by atoms with Crippen LogP contribution in [0.2, 0.25) is 10.0 Å². The first kappa shape index (κ1) is 12.6. The van der Waals surface area contributed by atoms with Crippen LogP contribution in [0.5, 0.6) is 0 Å². The maximum atomic E-state index is 11.7. The zero-order valence-electron chi connectivity index (χ0n) is 9.90. The average Bonchev–Trinajstić information content (AvgIpc) is 3.09. The minimum Gasteiger partial charge on any atom is -0.339 e. The molecule has 0 radical (unpaired) electrons. The lowest BCUT2D eigenvalue weighted by molar-refractivity contribution is -0.119. The number of halogens is 2. The lowest BCUT2D eigenvalue weighted by Crippen LogP contribution is -2.04. The molecule has 0 bridgehead atoms. The zero-order valence-corrected chi connectivity index (χ0v) is 11.4. The lowest BCUT2D eigenvalue weighted by atomic mass is 10.2. The number of rotatable bonds is 4. The molecule has 0 unspecified atom stereocenters.